The van der Waals surface area contributed by atoms with E-state index in [-0.39, 0.29) is 0 Å². The fourth-order valence-electron chi connectivity index (χ4n) is 0.205. The van der Waals surface area contributed by atoms with E-state index in [9.17, 15) is 0 Å². The molecule has 0 N–H and O–H groups in total. The average molecular weight is 115 g/mol. The van der Waals surface area contributed by atoms with Gasteiger partial charge in [-0.05, 0) is 11.6 Å². The molecule has 0 saturated carbocycles. The maximum absolute atomic E-state index is 3.98. The van der Waals surface area contributed by atoms with Gasteiger partial charge in [-0.3, -0.25) is 0 Å². The molecule has 0 unspecified atom stereocenters. The summed E-state index contributed by atoms with van der Waals surface area (Å²) in [5.74, 6) is 4.02. The Balaban J connectivity index is 3.00. The Morgan fingerprint density at radius 3 is 2.00 bits per heavy atom. The van der Waals surface area contributed by atoms with Crippen LogP contribution in [-0.2, 0) is 0 Å². The summed E-state index contributed by atoms with van der Waals surface area (Å²) in [5, 5.41) is 0. The van der Waals surface area contributed by atoms with Gasteiger partial charge in [0.1, 0.15) is 0 Å². The Bertz CT molecular complexity index is 80.7. The van der Waals surface area contributed by atoms with E-state index in [2.05, 4.69) is 4.51 Å². The predicted molar refractivity (Wildman–Crippen MR) is 29.3 cm³/mol. The lowest BCUT2D eigenvalue weighted by Gasteiger charge is -1.67. The minimum absolute atomic E-state index is 1.10. The lowest BCUT2D eigenvalue weighted by Crippen LogP contribution is -1.38. The number of hydrogen-bond donors (Lipinski definition) is 0. The molecule has 0 aliphatic carbocycles. The number of aromatic nitrogens is 1. The van der Waals surface area contributed by atoms with Crippen LogP contribution in [0.25, 0.3) is 0 Å². The molecule has 0 atom stereocenters. The summed E-state index contributed by atoms with van der Waals surface area (Å²) >= 11 is 0. The average Bonchev–Trinajstić information content (AvgIpc) is 1.72. The number of rotatable bonds is 0. The third kappa shape index (κ3) is 1.01. The van der Waals surface area contributed by atoms with Crippen LogP contribution in [0.3, 0.4) is 0 Å². The molecule has 30 valence electrons. The lowest BCUT2D eigenvalue weighted by atomic mass is 10.8. The molecule has 0 aromatic carbocycles. The molecule has 0 saturated heterocycles. The first-order chi connectivity index (χ1) is 3.00. The molecule has 0 fully saturated rings. The van der Waals surface area contributed by atoms with E-state index in [4.69, 9.17) is 0 Å². The highest BCUT2D eigenvalue weighted by Gasteiger charge is 1.61. The highest BCUT2D eigenvalue weighted by atomic mass is 31.1. The normalized spacial score (nSPS) is 10.7. The van der Waals surface area contributed by atoms with Crippen molar-refractivity contribution in [1.82, 2.24) is 4.51 Å². The zero-order valence-corrected chi connectivity index (χ0v) is 4.86. The Morgan fingerprint density at radius 2 is 1.83 bits per heavy atom. The third-order valence-electron chi connectivity index (χ3n) is 0.409. The van der Waals surface area contributed by atoms with Gasteiger partial charge in [0.05, 0.1) is 0 Å². The summed E-state index contributed by atoms with van der Waals surface area (Å²) in [6, 6.07) is 2.02. The summed E-state index contributed by atoms with van der Waals surface area (Å²) in [7, 11) is 2.20. The summed E-state index contributed by atoms with van der Waals surface area (Å²) < 4.78 is 3.98. The fourth-order valence-corrected chi connectivity index (χ4v) is 1.38. The van der Waals surface area contributed by atoms with E-state index in [0.717, 1.165) is 16.7 Å². The smallest absolute Gasteiger partial charge is 0.0428 e. The molecular formula is C3H3NP2. The molecule has 0 radical (unpaired) electrons. The van der Waals surface area contributed by atoms with Gasteiger partial charge in [-0.25, -0.2) is 4.51 Å². The molecule has 0 amide bonds. The van der Waals surface area contributed by atoms with Crippen molar-refractivity contribution in [1.29, 1.82) is 0 Å². The molecule has 1 heterocycles. The van der Waals surface area contributed by atoms with Crippen LogP contribution in [0.5, 0.6) is 0 Å². The van der Waals surface area contributed by atoms with Crippen LogP contribution in [0.2, 0.25) is 0 Å². The van der Waals surface area contributed by atoms with Crippen LogP contribution in [0.4, 0.5) is 0 Å². The monoisotopic (exact) mass is 115 g/mol. The molecule has 0 aliphatic heterocycles. The van der Waals surface area contributed by atoms with Gasteiger partial charge in [-0.15, -0.1) is 0 Å². The van der Waals surface area contributed by atoms with Gasteiger partial charge < -0.3 is 0 Å². The van der Waals surface area contributed by atoms with Gasteiger partial charge in [0.2, 0.25) is 0 Å². The molecule has 1 nitrogen and oxygen atoms in total. The van der Waals surface area contributed by atoms with Gasteiger partial charge >= 0.3 is 0 Å². The molecule has 1 rings (SSSR count). The molecule has 1 aromatic rings. The Labute approximate surface area is 39.8 Å². The zero-order chi connectivity index (χ0) is 4.24. The van der Waals surface area contributed by atoms with Crippen LogP contribution < -0.4 is 0 Å². The van der Waals surface area contributed by atoms with Crippen LogP contribution in [0.15, 0.2) is 17.7 Å². The summed E-state index contributed by atoms with van der Waals surface area (Å²) in [6.45, 7) is 0. The second-order valence-corrected chi connectivity index (χ2v) is 2.58. The molecular weight excluding hydrogens is 112 g/mol. The van der Waals surface area contributed by atoms with Crippen molar-refractivity contribution in [3.05, 3.63) is 17.7 Å². The SMILES string of the molecule is c1cpnpc1. The largest absolute Gasteiger partial charge is 0.207 e. The van der Waals surface area contributed by atoms with E-state index in [0.29, 0.717) is 0 Å². The summed E-state index contributed by atoms with van der Waals surface area (Å²) in [6.07, 6.45) is 0. The van der Waals surface area contributed by atoms with Gasteiger partial charge in [-0.1, -0.05) is 6.07 Å². The second kappa shape index (κ2) is 2.23. The van der Waals surface area contributed by atoms with Crippen LogP contribution in [0, 0.1) is 0 Å². The van der Waals surface area contributed by atoms with E-state index in [1.54, 1.807) is 0 Å². The molecule has 1 aromatic heterocycles. The van der Waals surface area contributed by atoms with Crippen molar-refractivity contribution >= 4 is 16.7 Å². The first-order valence-electron chi connectivity index (χ1n) is 1.58. The fraction of sp³-hybridized carbons (Fsp3) is 0. The van der Waals surface area contributed by atoms with Crippen molar-refractivity contribution in [2.75, 3.05) is 0 Å². The molecule has 0 bridgehead atoms. The standard InChI is InChI=1S/C3H3NP2/c1-2-5-4-6-3-1/h1-3H. The van der Waals surface area contributed by atoms with Gasteiger partial charge in [0.25, 0.3) is 0 Å². The summed E-state index contributed by atoms with van der Waals surface area (Å²) in [5.41, 5.74) is 0. The van der Waals surface area contributed by atoms with Crippen LogP contribution in [-0.4, -0.2) is 4.51 Å². The minimum atomic E-state index is 1.10. The predicted octanol–water partition coefficient (Wildman–Crippen LogP) is 2.24. The van der Waals surface area contributed by atoms with Crippen molar-refractivity contribution in [3.63, 3.8) is 0 Å². The third-order valence-corrected chi connectivity index (χ3v) is 1.85. The Kier molecular flexibility index (Phi) is 1.55. The molecule has 0 aliphatic rings. The Hall–Kier alpha value is 0.01000. The molecule has 6 heavy (non-hydrogen) atoms. The van der Waals surface area contributed by atoms with Crippen molar-refractivity contribution in [2.24, 2.45) is 0 Å². The number of nitrogens with zero attached hydrogens (tertiary/aromatic N) is 1. The Morgan fingerprint density at radius 1 is 1.17 bits per heavy atom. The zero-order valence-electron chi connectivity index (χ0n) is 3.07. The highest BCUT2D eigenvalue weighted by molar-refractivity contribution is 7.36. The van der Waals surface area contributed by atoms with Gasteiger partial charge in [-0.2, -0.15) is 0 Å². The van der Waals surface area contributed by atoms with Crippen LogP contribution >= 0.6 is 16.7 Å². The second-order valence-electron chi connectivity index (χ2n) is 0.811. The van der Waals surface area contributed by atoms with E-state index < -0.39 is 0 Å². The first-order valence-corrected chi connectivity index (χ1v) is 3.42. The minimum Gasteiger partial charge on any atom is -0.207 e. The van der Waals surface area contributed by atoms with Gasteiger partial charge in [0, 0.05) is 16.7 Å². The molecule has 3 heteroatoms. The van der Waals surface area contributed by atoms with Gasteiger partial charge in [0.15, 0.2) is 0 Å². The number of hydrogen-bond acceptors (Lipinski definition) is 1. The quantitative estimate of drug-likeness (QED) is 0.505. The maximum atomic E-state index is 3.98. The lowest BCUT2D eigenvalue weighted by molar-refractivity contribution is 1.86. The van der Waals surface area contributed by atoms with Crippen molar-refractivity contribution < 1.29 is 0 Å². The highest BCUT2D eigenvalue weighted by Crippen LogP contribution is 2.02. The molecule has 0 spiro atoms. The first kappa shape index (κ1) is 4.18. The van der Waals surface area contributed by atoms with Crippen LogP contribution in [0.1, 0.15) is 0 Å². The summed E-state index contributed by atoms with van der Waals surface area (Å²) in [4.78, 5) is 0. The van der Waals surface area contributed by atoms with E-state index >= 15 is 0 Å². The van der Waals surface area contributed by atoms with Crippen molar-refractivity contribution in [3.8, 4) is 0 Å². The van der Waals surface area contributed by atoms with Crippen molar-refractivity contribution in [2.45, 2.75) is 0 Å². The van der Waals surface area contributed by atoms with E-state index in [1.807, 2.05) is 17.7 Å². The topological polar surface area (TPSA) is 12.9 Å². The maximum Gasteiger partial charge on any atom is 0.0428 e. The van der Waals surface area contributed by atoms with E-state index in [1.165, 1.54) is 0 Å².